The minimum atomic E-state index is -0.221. The summed E-state index contributed by atoms with van der Waals surface area (Å²) in [5.41, 5.74) is 8.95. The van der Waals surface area contributed by atoms with Crippen molar-refractivity contribution in [1.82, 2.24) is 14.8 Å². The second-order valence-corrected chi connectivity index (χ2v) is 8.18. The number of nitrogens with one attached hydrogen (secondary N) is 1. The summed E-state index contributed by atoms with van der Waals surface area (Å²) in [5.74, 6) is 0.285. The van der Waals surface area contributed by atoms with Gasteiger partial charge in [0.2, 0.25) is 0 Å². The van der Waals surface area contributed by atoms with Crippen LogP contribution >= 0.6 is 11.6 Å². The third-order valence-corrected chi connectivity index (χ3v) is 6.09. The number of halogens is 2. The maximum absolute atomic E-state index is 13.4. The summed E-state index contributed by atoms with van der Waals surface area (Å²) in [4.78, 5) is 2.52. The van der Waals surface area contributed by atoms with E-state index in [9.17, 15) is 4.39 Å². The first-order valence-corrected chi connectivity index (χ1v) is 10.7. The molecule has 29 heavy (non-hydrogen) atoms. The molecule has 3 aromatic rings. The number of likely N-dealkylation sites (tertiary alicyclic amines) is 1. The van der Waals surface area contributed by atoms with Crippen LogP contribution in [0, 0.1) is 5.82 Å². The van der Waals surface area contributed by atoms with Crippen LogP contribution in [0.3, 0.4) is 0 Å². The molecule has 4 rings (SSSR count). The molecule has 154 valence electrons. The molecule has 1 fully saturated rings. The van der Waals surface area contributed by atoms with E-state index in [4.69, 9.17) is 17.3 Å². The van der Waals surface area contributed by atoms with Crippen LogP contribution in [0.15, 0.2) is 48.7 Å². The van der Waals surface area contributed by atoms with E-state index in [1.165, 1.54) is 23.1 Å². The van der Waals surface area contributed by atoms with Gasteiger partial charge in [-0.1, -0.05) is 11.6 Å². The van der Waals surface area contributed by atoms with E-state index in [1.54, 1.807) is 0 Å². The third-order valence-electron chi connectivity index (χ3n) is 5.86. The molecule has 0 radical (unpaired) electrons. The van der Waals surface area contributed by atoms with Crippen LogP contribution in [0.4, 0.5) is 4.39 Å². The number of hydrogen-bond acceptors (Lipinski definition) is 3. The normalized spacial score (nSPS) is 16.0. The summed E-state index contributed by atoms with van der Waals surface area (Å²) in [6.07, 6.45) is 4.48. The van der Waals surface area contributed by atoms with Gasteiger partial charge in [0.15, 0.2) is 0 Å². The van der Waals surface area contributed by atoms with Crippen molar-refractivity contribution in [3.63, 3.8) is 0 Å². The van der Waals surface area contributed by atoms with Crippen LogP contribution in [0.5, 0.6) is 0 Å². The summed E-state index contributed by atoms with van der Waals surface area (Å²) in [5, 5.41) is 5.32. The molecular weight excluding hydrogens is 387 g/mol. The van der Waals surface area contributed by atoms with Crippen molar-refractivity contribution in [3.05, 3.63) is 65.1 Å². The number of aromatic nitrogens is 1. The molecule has 0 saturated carbocycles. The average molecular weight is 415 g/mol. The van der Waals surface area contributed by atoms with Gasteiger partial charge in [-0.15, -0.1) is 0 Å². The second-order valence-electron chi connectivity index (χ2n) is 7.75. The van der Waals surface area contributed by atoms with Crippen molar-refractivity contribution < 1.29 is 4.39 Å². The number of fused-ring (bicyclic) bond motifs is 1. The third kappa shape index (κ3) is 4.64. The van der Waals surface area contributed by atoms with E-state index in [0.717, 1.165) is 61.8 Å². The van der Waals surface area contributed by atoms with Gasteiger partial charge in [0.25, 0.3) is 0 Å². The molecule has 1 aliphatic heterocycles. The van der Waals surface area contributed by atoms with Crippen LogP contribution in [0.2, 0.25) is 5.02 Å². The lowest BCUT2D eigenvalue weighted by Gasteiger charge is -2.32. The van der Waals surface area contributed by atoms with Gasteiger partial charge in [-0.25, -0.2) is 4.39 Å². The van der Waals surface area contributed by atoms with Gasteiger partial charge < -0.3 is 20.5 Å². The van der Waals surface area contributed by atoms with Gasteiger partial charge in [0.05, 0.1) is 5.52 Å². The zero-order chi connectivity index (χ0) is 20.2. The second kappa shape index (κ2) is 9.26. The van der Waals surface area contributed by atoms with E-state index in [-0.39, 0.29) is 5.82 Å². The predicted octanol–water partition coefficient (Wildman–Crippen LogP) is 4.15. The molecule has 6 heteroatoms. The van der Waals surface area contributed by atoms with Gasteiger partial charge in [-0.3, -0.25) is 0 Å². The average Bonchev–Trinajstić information content (AvgIpc) is 3.11. The predicted molar refractivity (Wildman–Crippen MR) is 119 cm³/mol. The Labute approximate surface area is 176 Å². The molecule has 0 bridgehead atoms. The SMILES string of the molecule is NCCNCCN1CCC(c2cn(-c3ccc(F)cc3)c3ccc(Cl)cc23)CC1. The lowest BCUT2D eigenvalue weighted by Crippen LogP contribution is -2.38. The quantitative estimate of drug-likeness (QED) is 0.571. The van der Waals surface area contributed by atoms with Crippen LogP contribution in [-0.4, -0.2) is 48.7 Å². The molecule has 0 amide bonds. The summed E-state index contributed by atoms with van der Waals surface area (Å²) < 4.78 is 15.5. The molecule has 0 unspecified atom stereocenters. The topological polar surface area (TPSA) is 46.2 Å². The van der Waals surface area contributed by atoms with Crippen molar-refractivity contribution in [2.45, 2.75) is 18.8 Å². The van der Waals surface area contributed by atoms with Gasteiger partial charge in [-0.2, -0.15) is 0 Å². The van der Waals surface area contributed by atoms with Crippen LogP contribution < -0.4 is 11.1 Å². The van der Waals surface area contributed by atoms with Crippen molar-refractivity contribution in [3.8, 4) is 5.69 Å². The molecule has 3 N–H and O–H groups in total. The Hall–Kier alpha value is -1.92. The monoisotopic (exact) mass is 414 g/mol. The summed E-state index contributed by atoms with van der Waals surface area (Å²) in [7, 11) is 0. The Balaban J connectivity index is 1.55. The Morgan fingerprint density at radius 3 is 2.55 bits per heavy atom. The zero-order valence-corrected chi connectivity index (χ0v) is 17.3. The number of hydrogen-bond donors (Lipinski definition) is 2. The molecular formula is C23H28ClFN4. The van der Waals surface area contributed by atoms with Crippen molar-refractivity contribution in [2.75, 3.05) is 39.3 Å². The highest BCUT2D eigenvalue weighted by Crippen LogP contribution is 2.36. The first kappa shape index (κ1) is 20.4. The molecule has 0 atom stereocenters. The highest BCUT2D eigenvalue weighted by atomic mass is 35.5. The van der Waals surface area contributed by atoms with Crippen LogP contribution in [-0.2, 0) is 0 Å². The maximum atomic E-state index is 13.4. The van der Waals surface area contributed by atoms with Gasteiger partial charge in [0.1, 0.15) is 5.82 Å². The number of benzene rings is 2. The van der Waals surface area contributed by atoms with E-state index >= 15 is 0 Å². The van der Waals surface area contributed by atoms with Gasteiger partial charge in [-0.05, 0) is 79.9 Å². The molecule has 0 spiro atoms. The first-order chi connectivity index (χ1) is 14.2. The first-order valence-electron chi connectivity index (χ1n) is 10.4. The van der Waals surface area contributed by atoms with Crippen molar-refractivity contribution in [2.24, 2.45) is 5.73 Å². The van der Waals surface area contributed by atoms with Crippen molar-refractivity contribution >= 4 is 22.5 Å². The smallest absolute Gasteiger partial charge is 0.123 e. The van der Waals surface area contributed by atoms with E-state index in [1.807, 2.05) is 18.2 Å². The van der Waals surface area contributed by atoms with Crippen LogP contribution in [0.1, 0.15) is 24.3 Å². The lowest BCUT2D eigenvalue weighted by molar-refractivity contribution is 0.213. The van der Waals surface area contributed by atoms with Crippen LogP contribution in [0.25, 0.3) is 16.6 Å². The Morgan fingerprint density at radius 2 is 1.83 bits per heavy atom. The number of nitrogens with two attached hydrogens (primary N) is 1. The van der Waals surface area contributed by atoms with Crippen molar-refractivity contribution in [1.29, 1.82) is 0 Å². The largest absolute Gasteiger partial charge is 0.329 e. The van der Waals surface area contributed by atoms with E-state index < -0.39 is 0 Å². The van der Waals surface area contributed by atoms with E-state index in [0.29, 0.717) is 12.5 Å². The lowest BCUT2D eigenvalue weighted by atomic mass is 9.89. The van der Waals surface area contributed by atoms with Gasteiger partial charge >= 0.3 is 0 Å². The Morgan fingerprint density at radius 1 is 1.07 bits per heavy atom. The molecule has 4 nitrogen and oxygen atoms in total. The highest BCUT2D eigenvalue weighted by Gasteiger charge is 2.24. The Kier molecular flexibility index (Phi) is 6.50. The minimum absolute atomic E-state index is 0.221. The number of rotatable bonds is 7. The number of nitrogens with zero attached hydrogens (tertiary/aromatic N) is 2. The molecule has 2 heterocycles. The number of piperidine rings is 1. The fourth-order valence-corrected chi connectivity index (χ4v) is 4.47. The fraction of sp³-hybridized carbons (Fsp3) is 0.391. The highest BCUT2D eigenvalue weighted by molar-refractivity contribution is 6.31. The summed E-state index contributed by atoms with van der Waals surface area (Å²) in [6, 6.07) is 12.7. The van der Waals surface area contributed by atoms with E-state index in [2.05, 4.69) is 33.1 Å². The Bertz CT molecular complexity index is 945. The minimum Gasteiger partial charge on any atom is -0.329 e. The standard InChI is InChI=1S/C23H28ClFN4/c24-18-1-6-23-21(15-18)22(16-29(23)20-4-2-19(25)3-5-20)17-7-12-28(13-8-17)14-11-27-10-9-26/h1-6,15-17,27H,7-14,26H2. The fourth-order valence-electron chi connectivity index (χ4n) is 4.30. The molecule has 1 aromatic heterocycles. The molecule has 0 aliphatic carbocycles. The summed E-state index contributed by atoms with van der Waals surface area (Å²) in [6.45, 7) is 5.80. The summed E-state index contributed by atoms with van der Waals surface area (Å²) >= 11 is 6.33. The molecule has 2 aromatic carbocycles. The zero-order valence-electron chi connectivity index (χ0n) is 16.6. The maximum Gasteiger partial charge on any atom is 0.123 e. The molecule has 1 saturated heterocycles. The van der Waals surface area contributed by atoms with Gasteiger partial charge in [0, 0.05) is 48.5 Å². The molecule has 1 aliphatic rings.